The Balaban J connectivity index is 0.00000177. The van der Waals surface area contributed by atoms with Crippen molar-refractivity contribution in [2.45, 2.75) is 71.6 Å². The van der Waals surface area contributed by atoms with E-state index in [9.17, 15) is 19.6 Å². The molecule has 0 bridgehead atoms. The molecule has 3 aliphatic heterocycles. The summed E-state index contributed by atoms with van der Waals surface area (Å²) in [6, 6.07) is 19.7. The smallest absolute Gasteiger partial charge is 0.328 e. The van der Waals surface area contributed by atoms with Crippen LogP contribution in [0.2, 0.25) is 0 Å². The van der Waals surface area contributed by atoms with Gasteiger partial charge in [0.15, 0.2) is 0 Å². The van der Waals surface area contributed by atoms with Crippen molar-refractivity contribution in [3.63, 3.8) is 0 Å². The Kier molecular flexibility index (Phi) is 11.8. The van der Waals surface area contributed by atoms with Gasteiger partial charge < -0.3 is 25.0 Å². The van der Waals surface area contributed by atoms with Gasteiger partial charge in [-0.25, -0.2) is 9.18 Å². The second-order valence-corrected chi connectivity index (χ2v) is 18.1. The molecule has 0 radical (unpaired) electrons. The number of hydrogen-bond acceptors (Lipinski definition) is 10. The summed E-state index contributed by atoms with van der Waals surface area (Å²) < 4.78 is 24.5. The first-order chi connectivity index (χ1) is 30.2. The highest BCUT2D eigenvalue weighted by molar-refractivity contribution is 6.09. The lowest BCUT2D eigenvalue weighted by Crippen LogP contribution is -2.74. The van der Waals surface area contributed by atoms with E-state index >= 15 is 4.39 Å². The van der Waals surface area contributed by atoms with Crippen molar-refractivity contribution < 1.29 is 33.4 Å². The number of aromatic nitrogens is 3. The maximum atomic E-state index is 15.8. The summed E-state index contributed by atoms with van der Waals surface area (Å²) >= 11 is 0. The maximum absolute atomic E-state index is 15.8. The van der Waals surface area contributed by atoms with E-state index in [2.05, 4.69) is 63.9 Å². The summed E-state index contributed by atoms with van der Waals surface area (Å²) in [6.07, 6.45) is 6.37. The molecule has 2 aromatic heterocycles. The third-order valence-corrected chi connectivity index (χ3v) is 13.4. The van der Waals surface area contributed by atoms with Crippen molar-refractivity contribution in [3.05, 3.63) is 90.0 Å². The Morgan fingerprint density at radius 1 is 1.00 bits per heavy atom. The quantitative estimate of drug-likeness (QED) is 0.137. The Morgan fingerprint density at radius 3 is 2.48 bits per heavy atom. The molecule has 0 unspecified atom stereocenters. The number of ether oxygens (including phenoxy) is 1. The predicted octanol–water partition coefficient (Wildman–Crippen LogP) is 6.52. The van der Waals surface area contributed by atoms with Gasteiger partial charge in [-0.1, -0.05) is 33.8 Å². The summed E-state index contributed by atoms with van der Waals surface area (Å²) in [5.74, 6) is 0.0616. The van der Waals surface area contributed by atoms with Crippen LogP contribution in [-0.2, 0) is 9.59 Å². The number of carbonyl (C=O) groups is 4. The molecule has 0 spiro atoms. The van der Waals surface area contributed by atoms with E-state index in [4.69, 9.17) is 19.7 Å². The fourth-order valence-corrected chi connectivity index (χ4v) is 10.7. The zero-order valence-electron chi connectivity index (χ0n) is 35.9. The van der Waals surface area contributed by atoms with Gasteiger partial charge in [-0.05, 0) is 79.8 Å². The van der Waals surface area contributed by atoms with Crippen LogP contribution in [-0.4, -0.2) is 101 Å². The standard InChI is InChI=1S/C46H50FN9O4.CH2O2/c1-45(2)42(46(3,4)43(45)60-38-13-11-30(24-48)40-32(38)7-6-18-49-40)52-41(58)29-10-12-37(34(47)23-29)54-21-14-28(27-54)26-53-19-15-31(16-20-53)56-36-9-5-8-35(33(36)25-50-56)55-22-17-39(57)51-44(55)59;2-1-3/h5-13,18,23,25,28,31,42-43H,14-17,19-22,26-27H2,1-4H3,(H,52,58)(H,51,57,59);1H,(H,2,3)/t28-,42?,43?;/m0./s1. The molecule has 3 N–H and O–H groups in total. The number of anilines is 2. The number of rotatable bonds is 9. The number of carbonyl (C=O) groups excluding carboxylic acids is 3. The average Bonchev–Trinajstić information content (AvgIpc) is 3.92. The van der Waals surface area contributed by atoms with E-state index in [1.165, 1.54) is 6.07 Å². The molecule has 5 aromatic rings. The minimum absolute atomic E-state index is 0.235. The number of imide groups is 1. The van der Waals surface area contributed by atoms with Crippen LogP contribution < -0.4 is 25.2 Å². The van der Waals surface area contributed by atoms with E-state index in [0.29, 0.717) is 35.0 Å². The number of nitriles is 1. The van der Waals surface area contributed by atoms with Gasteiger partial charge in [0.2, 0.25) is 5.91 Å². The van der Waals surface area contributed by atoms with Gasteiger partial charge in [0, 0.05) is 85.1 Å². The molecular formula is C47H52FN9O6. The zero-order valence-corrected chi connectivity index (χ0v) is 35.9. The van der Waals surface area contributed by atoms with Crippen LogP contribution in [0.5, 0.6) is 5.75 Å². The van der Waals surface area contributed by atoms with Crippen molar-refractivity contribution in [1.82, 2.24) is 30.3 Å². The van der Waals surface area contributed by atoms with Crippen molar-refractivity contribution in [1.29, 1.82) is 5.26 Å². The Morgan fingerprint density at radius 2 is 1.76 bits per heavy atom. The second kappa shape index (κ2) is 17.3. The number of urea groups is 1. The molecule has 328 valence electrons. The van der Waals surface area contributed by atoms with Crippen LogP contribution in [0.4, 0.5) is 20.6 Å². The predicted molar refractivity (Wildman–Crippen MR) is 235 cm³/mol. The molecule has 16 heteroatoms. The SMILES string of the molecule is CC1(C)C(NC(=O)c2ccc(N3CC[C@@H](CN4CCC(n5ncc6c(N7CCC(=O)NC7=O)cccc65)CC4)C3)c(F)c2)C(C)(C)C1Oc1ccc(C#N)c2ncccc12.O=CO. The van der Waals surface area contributed by atoms with E-state index in [0.717, 1.165) is 74.0 Å². The number of fused-ring (bicyclic) bond motifs is 2. The summed E-state index contributed by atoms with van der Waals surface area (Å²) in [7, 11) is 0. The molecule has 4 aliphatic rings. The number of halogens is 1. The summed E-state index contributed by atoms with van der Waals surface area (Å²) in [5, 5.41) is 28.5. The highest BCUT2D eigenvalue weighted by atomic mass is 19.1. The molecule has 9 rings (SSSR count). The highest BCUT2D eigenvalue weighted by Crippen LogP contribution is 2.56. The molecule has 1 aliphatic carbocycles. The van der Waals surface area contributed by atoms with Gasteiger partial charge >= 0.3 is 6.03 Å². The summed E-state index contributed by atoms with van der Waals surface area (Å²) in [5.41, 5.74) is 2.72. The zero-order chi connectivity index (χ0) is 44.6. The van der Waals surface area contributed by atoms with Crippen LogP contribution >= 0.6 is 0 Å². The number of benzene rings is 3. The maximum Gasteiger partial charge on any atom is 0.328 e. The molecule has 4 amide bonds. The van der Waals surface area contributed by atoms with Crippen molar-refractivity contribution in [2.75, 3.05) is 49.1 Å². The molecule has 1 atom stereocenters. The Bertz CT molecular complexity index is 2600. The summed E-state index contributed by atoms with van der Waals surface area (Å²) in [6.45, 7) is 12.7. The van der Waals surface area contributed by atoms with Gasteiger partial charge in [0.05, 0.1) is 40.2 Å². The first kappa shape index (κ1) is 43.1. The van der Waals surface area contributed by atoms with Crippen LogP contribution in [0, 0.1) is 33.9 Å². The van der Waals surface area contributed by atoms with Crippen molar-refractivity contribution in [2.24, 2.45) is 16.7 Å². The lowest BCUT2D eigenvalue weighted by atomic mass is 9.49. The Hall–Kier alpha value is -6.60. The molecule has 1 saturated carbocycles. The van der Waals surface area contributed by atoms with Gasteiger partial charge in [-0.3, -0.25) is 34.3 Å². The van der Waals surface area contributed by atoms with Gasteiger partial charge in [-0.2, -0.15) is 10.4 Å². The Labute approximate surface area is 364 Å². The van der Waals surface area contributed by atoms with Crippen LogP contribution in [0.3, 0.4) is 0 Å². The lowest BCUT2D eigenvalue weighted by Gasteiger charge is -2.63. The fourth-order valence-electron chi connectivity index (χ4n) is 10.7. The third-order valence-electron chi connectivity index (χ3n) is 13.4. The number of carboxylic acid groups (broad SMARTS) is 1. The molecule has 63 heavy (non-hydrogen) atoms. The molecule has 3 aromatic carbocycles. The van der Waals surface area contributed by atoms with E-state index in [1.54, 1.807) is 29.3 Å². The van der Waals surface area contributed by atoms with E-state index < -0.39 is 22.7 Å². The third kappa shape index (κ3) is 8.13. The van der Waals surface area contributed by atoms with Gasteiger partial charge in [-0.15, -0.1) is 0 Å². The van der Waals surface area contributed by atoms with Crippen molar-refractivity contribution >= 4 is 57.5 Å². The normalized spacial score (nSPS) is 22.1. The average molecular weight is 858 g/mol. The number of pyridine rings is 1. The van der Waals surface area contributed by atoms with Crippen LogP contribution in [0.1, 0.15) is 75.3 Å². The topological polar surface area (TPSA) is 186 Å². The van der Waals surface area contributed by atoms with E-state index in [-0.39, 0.29) is 48.5 Å². The first-order valence-electron chi connectivity index (χ1n) is 21.4. The largest absolute Gasteiger partial charge is 0.488 e. The highest BCUT2D eigenvalue weighted by Gasteiger charge is 2.64. The number of likely N-dealkylation sites (tertiary alicyclic amines) is 1. The van der Waals surface area contributed by atoms with Gasteiger partial charge in [0.25, 0.3) is 12.4 Å². The van der Waals surface area contributed by atoms with Crippen LogP contribution in [0.15, 0.2) is 73.1 Å². The molecule has 4 fully saturated rings. The minimum Gasteiger partial charge on any atom is -0.488 e. The number of hydrogen-bond donors (Lipinski definition) is 3. The minimum atomic E-state index is -0.449. The molecule has 5 heterocycles. The van der Waals surface area contributed by atoms with Crippen molar-refractivity contribution in [3.8, 4) is 11.8 Å². The summed E-state index contributed by atoms with van der Waals surface area (Å²) in [4.78, 5) is 56.9. The number of nitrogens with one attached hydrogen (secondary N) is 2. The number of piperidine rings is 1. The van der Waals surface area contributed by atoms with E-state index in [1.807, 2.05) is 42.6 Å². The number of amides is 4. The first-order valence-corrected chi connectivity index (χ1v) is 21.4. The van der Waals surface area contributed by atoms with Crippen LogP contribution in [0.25, 0.3) is 21.8 Å². The van der Waals surface area contributed by atoms with Gasteiger partial charge in [0.1, 0.15) is 23.7 Å². The molecule has 15 nitrogen and oxygen atoms in total. The lowest BCUT2D eigenvalue weighted by molar-refractivity contribution is -0.163. The molecule has 3 saturated heterocycles. The molecular weight excluding hydrogens is 806 g/mol. The fraction of sp³-hybridized carbons (Fsp3) is 0.426. The second-order valence-electron chi connectivity index (χ2n) is 18.1. The number of nitrogens with zero attached hydrogens (tertiary/aromatic N) is 7. The monoisotopic (exact) mass is 857 g/mol.